The van der Waals surface area contributed by atoms with Crippen molar-refractivity contribution in [1.29, 1.82) is 0 Å². The molecule has 0 unspecified atom stereocenters. The fourth-order valence-corrected chi connectivity index (χ4v) is 2.61. The summed E-state index contributed by atoms with van der Waals surface area (Å²) in [6.45, 7) is -1.70. The van der Waals surface area contributed by atoms with Crippen molar-refractivity contribution in [2.75, 3.05) is 5.32 Å². The number of hydrogen-bond acceptors (Lipinski definition) is 7. The van der Waals surface area contributed by atoms with E-state index in [-0.39, 0.29) is 46.0 Å². The van der Waals surface area contributed by atoms with Crippen molar-refractivity contribution in [3.8, 4) is 11.5 Å². The monoisotopic (exact) mass is 378 g/mol. The van der Waals surface area contributed by atoms with Gasteiger partial charge in [-0.25, -0.2) is 4.79 Å². The average molecular weight is 378 g/mol. The maximum Gasteiger partial charge on any atom is 0.319 e. The Hall–Kier alpha value is -2.85. The van der Waals surface area contributed by atoms with Crippen LogP contribution in [0.25, 0.3) is 0 Å². The number of aliphatic hydroxyl groups is 4. The van der Waals surface area contributed by atoms with Crippen LogP contribution >= 0.6 is 0 Å². The van der Waals surface area contributed by atoms with Crippen molar-refractivity contribution in [2.24, 2.45) is 0 Å². The van der Waals surface area contributed by atoms with E-state index in [1.54, 1.807) is 0 Å². The Labute approximate surface area is 155 Å². The molecule has 0 aliphatic rings. The molecule has 0 aliphatic carbocycles. The maximum atomic E-state index is 12.1. The number of nitrogens with one attached hydrogen (secondary N) is 2. The van der Waals surface area contributed by atoms with Gasteiger partial charge in [0.25, 0.3) is 0 Å². The maximum absolute atomic E-state index is 12.1. The Bertz CT molecular complexity index is 773. The van der Waals surface area contributed by atoms with Gasteiger partial charge in [-0.05, 0) is 29.8 Å². The molecule has 27 heavy (non-hydrogen) atoms. The number of benzene rings is 2. The van der Waals surface area contributed by atoms with E-state index in [1.807, 2.05) is 0 Å². The molecular weight excluding hydrogens is 356 g/mol. The predicted molar refractivity (Wildman–Crippen MR) is 95.8 cm³/mol. The van der Waals surface area contributed by atoms with Gasteiger partial charge < -0.3 is 41.3 Å². The Morgan fingerprint density at radius 3 is 1.56 bits per heavy atom. The number of carbonyl (C=O) groups is 1. The van der Waals surface area contributed by atoms with E-state index in [0.717, 1.165) is 0 Å². The highest BCUT2D eigenvalue weighted by atomic mass is 16.3. The molecule has 2 aromatic rings. The number of aliphatic hydroxyl groups excluding tert-OH is 4. The highest BCUT2D eigenvalue weighted by Crippen LogP contribution is 2.27. The average Bonchev–Trinajstić information content (AvgIpc) is 2.68. The van der Waals surface area contributed by atoms with Gasteiger partial charge in [-0.15, -0.1) is 0 Å². The van der Waals surface area contributed by atoms with Crippen LogP contribution in [-0.2, 0) is 33.0 Å². The Morgan fingerprint density at radius 1 is 0.741 bits per heavy atom. The van der Waals surface area contributed by atoms with Crippen molar-refractivity contribution in [3.63, 3.8) is 0 Å². The van der Waals surface area contributed by atoms with E-state index in [2.05, 4.69) is 10.6 Å². The molecule has 9 nitrogen and oxygen atoms in total. The molecule has 0 spiro atoms. The number of hydrogen-bond donors (Lipinski definition) is 8. The first kappa shape index (κ1) is 20.5. The van der Waals surface area contributed by atoms with Crippen molar-refractivity contribution < 1.29 is 35.4 Å². The second-order valence-corrected chi connectivity index (χ2v) is 5.85. The van der Waals surface area contributed by atoms with E-state index >= 15 is 0 Å². The van der Waals surface area contributed by atoms with E-state index in [1.165, 1.54) is 24.3 Å². The highest BCUT2D eigenvalue weighted by Gasteiger charge is 2.12. The lowest BCUT2D eigenvalue weighted by Gasteiger charge is -2.13. The van der Waals surface area contributed by atoms with Crippen LogP contribution in [-0.4, -0.2) is 36.7 Å². The normalized spacial score (nSPS) is 10.7. The predicted octanol–water partition coefficient (Wildman–Crippen LogP) is 0.389. The summed E-state index contributed by atoms with van der Waals surface area (Å²) in [5.41, 5.74) is 1.63. The van der Waals surface area contributed by atoms with Crippen LogP contribution < -0.4 is 10.6 Å². The Balaban J connectivity index is 2.09. The summed E-state index contributed by atoms with van der Waals surface area (Å²) in [5.74, 6) is -0.423. The number of amides is 2. The van der Waals surface area contributed by atoms with Crippen molar-refractivity contribution in [1.82, 2.24) is 5.32 Å². The lowest BCUT2D eigenvalue weighted by Crippen LogP contribution is -2.28. The smallest absolute Gasteiger partial charge is 0.319 e. The topological polar surface area (TPSA) is 163 Å². The first-order chi connectivity index (χ1) is 12.9. The molecule has 0 saturated heterocycles. The third-order valence-corrected chi connectivity index (χ3v) is 3.99. The molecule has 9 heteroatoms. The van der Waals surface area contributed by atoms with E-state index in [9.17, 15) is 35.4 Å². The van der Waals surface area contributed by atoms with Gasteiger partial charge in [0.05, 0.1) is 26.4 Å². The van der Waals surface area contributed by atoms with E-state index < -0.39 is 32.5 Å². The molecule has 2 aromatic carbocycles. The summed E-state index contributed by atoms with van der Waals surface area (Å²) >= 11 is 0. The molecule has 8 N–H and O–H groups in total. The first-order valence-electron chi connectivity index (χ1n) is 8.10. The van der Waals surface area contributed by atoms with Gasteiger partial charge in [0.2, 0.25) is 0 Å². The fourth-order valence-electron chi connectivity index (χ4n) is 2.61. The molecule has 146 valence electrons. The molecule has 0 bridgehead atoms. The van der Waals surface area contributed by atoms with Crippen LogP contribution in [0.4, 0.5) is 10.5 Å². The second kappa shape index (κ2) is 9.19. The van der Waals surface area contributed by atoms with Crippen molar-refractivity contribution in [2.45, 2.75) is 33.0 Å². The van der Waals surface area contributed by atoms with Gasteiger partial charge in [-0.2, -0.15) is 0 Å². The van der Waals surface area contributed by atoms with E-state index in [4.69, 9.17) is 0 Å². The van der Waals surface area contributed by atoms with Gasteiger partial charge in [-0.1, -0.05) is 0 Å². The second-order valence-electron chi connectivity index (χ2n) is 5.85. The molecule has 2 amide bonds. The molecule has 0 aromatic heterocycles. The van der Waals surface area contributed by atoms with Crippen molar-refractivity contribution in [3.05, 3.63) is 52.1 Å². The number of carbonyl (C=O) groups excluding carboxylic acids is 1. The Kier molecular flexibility index (Phi) is 6.97. The lowest BCUT2D eigenvalue weighted by molar-refractivity contribution is 0.251. The minimum atomic E-state index is -0.586. The summed E-state index contributed by atoms with van der Waals surface area (Å²) < 4.78 is 0. The summed E-state index contributed by atoms with van der Waals surface area (Å²) in [4.78, 5) is 12.1. The van der Waals surface area contributed by atoms with Crippen LogP contribution in [0, 0.1) is 0 Å². The number of urea groups is 1. The van der Waals surface area contributed by atoms with Crippen LogP contribution in [0.15, 0.2) is 24.3 Å². The third kappa shape index (κ3) is 4.86. The van der Waals surface area contributed by atoms with Crippen LogP contribution in [0.1, 0.15) is 27.8 Å². The van der Waals surface area contributed by atoms with Gasteiger partial charge in [0.15, 0.2) is 0 Å². The van der Waals surface area contributed by atoms with Crippen LogP contribution in [0.5, 0.6) is 11.5 Å². The minimum absolute atomic E-state index is 0.0594. The quantitative estimate of drug-likeness (QED) is 0.323. The zero-order valence-electron chi connectivity index (χ0n) is 14.4. The SMILES string of the molecule is O=C(NCc1cc(CO)c(O)c(CO)c1)Nc1cc(CO)c(O)c(CO)c1. The number of phenols is 2. The summed E-state index contributed by atoms with van der Waals surface area (Å²) in [7, 11) is 0. The van der Waals surface area contributed by atoms with Crippen LogP contribution in [0.3, 0.4) is 0 Å². The van der Waals surface area contributed by atoms with Gasteiger partial charge in [0, 0.05) is 34.5 Å². The first-order valence-corrected chi connectivity index (χ1v) is 8.10. The minimum Gasteiger partial charge on any atom is -0.507 e. The zero-order valence-corrected chi connectivity index (χ0v) is 14.4. The van der Waals surface area contributed by atoms with Gasteiger partial charge in [0.1, 0.15) is 11.5 Å². The summed E-state index contributed by atoms with van der Waals surface area (Å²) in [6, 6.07) is 5.18. The largest absolute Gasteiger partial charge is 0.507 e. The standard InChI is InChI=1S/C18H22N2O7/c21-6-11-1-10(2-12(7-22)16(11)25)5-19-18(27)20-15-3-13(8-23)17(26)14(4-15)9-24/h1-4,21-26H,5-9H2,(H2,19,20,27). The lowest BCUT2D eigenvalue weighted by atomic mass is 10.0. The van der Waals surface area contributed by atoms with Gasteiger partial charge in [-0.3, -0.25) is 0 Å². The molecule has 0 saturated carbocycles. The number of aromatic hydroxyl groups is 2. The molecule has 0 radical (unpaired) electrons. The summed E-state index contributed by atoms with van der Waals surface area (Å²) in [5, 5.41) is 61.7. The molecule has 0 atom stereocenters. The summed E-state index contributed by atoms with van der Waals surface area (Å²) in [6.07, 6.45) is 0. The zero-order chi connectivity index (χ0) is 20.0. The van der Waals surface area contributed by atoms with E-state index in [0.29, 0.717) is 5.56 Å². The molecule has 0 aliphatic heterocycles. The van der Waals surface area contributed by atoms with Crippen LogP contribution in [0.2, 0.25) is 0 Å². The fraction of sp³-hybridized carbons (Fsp3) is 0.278. The van der Waals surface area contributed by atoms with Gasteiger partial charge >= 0.3 is 6.03 Å². The molecule has 0 heterocycles. The molecular formula is C18H22N2O7. The van der Waals surface area contributed by atoms with Crippen molar-refractivity contribution >= 4 is 11.7 Å². The highest BCUT2D eigenvalue weighted by molar-refractivity contribution is 5.89. The Morgan fingerprint density at radius 2 is 1.15 bits per heavy atom. The third-order valence-electron chi connectivity index (χ3n) is 3.99. The molecule has 0 fully saturated rings. The molecule has 2 rings (SSSR count). The number of rotatable bonds is 7. The number of anilines is 1.